The van der Waals surface area contributed by atoms with E-state index < -0.39 is 35.8 Å². The van der Waals surface area contributed by atoms with Gasteiger partial charge in [-0.25, -0.2) is 14.8 Å². The zero-order valence-electron chi connectivity index (χ0n) is 13.6. The van der Waals surface area contributed by atoms with E-state index in [9.17, 15) is 27.2 Å². The summed E-state index contributed by atoms with van der Waals surface area (Å²) in [5.41, 5.74) is 0.211. The number of ketones is 1. The number of carbonyl (C=O) groups is 2. The molecule has 10 heteroatoms. The molecular formula is C16H13F4N3O3. The molecule has 0 saturated carbocycles. The standard InChI is InChI=1S/C16H13F4N3O3/c1-8(24)5-14(16(18,19)20)22-23-15(25)12-7-13(26-2)10-6-9(17)3-4-11(10)21-12/h3-4,6-7H,5H2,1-2H3,(H,23,25)/b22-14-. The average molecular weight is 371 g/mol. The van der Waals surface area contributed by atoms with Crippen LogP contribution in [0.2, 0.25) is 0 Å². The maximum absolute atomic E-state index is 13.3. The number of fused-ring (bicyclic) bond motifs is 1. The van der Waals surface area contributed by atoms with E-state index in [1.54, 1.807) is 5.43 Å². The summed E-state index contributed by atoms with van der Waals surface area (Å²) in [4.78, 5) is 26.9. The molecule has 1 heterocycles. The molecule has 2 aromatic rings. The van der Waals surface area contributed by atoms with E-state index in [1.165, 1.54) is 13.2 Å². The van der Waals surface area contributed by atoms with Crippen molar-refractivity contribution < 1.29 is 31.9 Å². The van der Waals surface area contributed by atoms with Gasteiger partial charge in [-0.1, -0.05) is 0 Å². The van der Waals surface area contributed by atoms with Crippen LogP contribution in [0.3, 0.4) is 0 Å². The number of hydrogen-bond donors (Lipinski definition) is 1. The molecule has 0 spiro atoms. The fraction of sp³-hybridized carbons (Fsp3) is 0.250. The lowest BCUT2D eigenvalue weighted by Gasteiger charge is -2.10. The Morgan fingerprint density at radius 2 is 1.96 bits per heavy atom. The third-order valence-electron chi connectivity index (χ3n) is 3.22. The number of rotatable bonds is 5. The Balaban J connectivity index is 2.36. The van der Waals surface area contributed by atoms with Gasteiger partial charge >= 0.3 is 6.18 Å². The first-order chi connectivity index (χ1) is 12.1. The van der Waals surface area contributed by atoms with Gasteiger partial charge in [-0.3, -0.25) is 9.59 Å². The van der Waals surface area contributed by atoms with Gasteiger partial charge in [0.1, 0.15) is 28.8 Å². The number of nitrogens with one attached hydrogen (secondary N) is 1. The van der Waals surface area contributed by atoms with Crippen LogP contribution in [0.4, 0.5) is 17.6 Å². The van der Waals surface area contributed by atoms with Crippen LogP contribution in [-0.4, -0.2) is 35.7 Å². The molecule has 0 aliphatic rings. The van der Waals surface area contributed by atoms with E-state index in [1.807, 2.05) is 0 Å². The topological polar surface area (TPSA) is 80.6 Å². The quantitative estimate of drug-likeness (QED) is 0.498. The second-order valence-corrected chi connectivity index (χ2v) is 5.25. The van der Waals surface area contributed by atoms with Crippen LogP contribution in [0, 0.1) is 5.82 Å². The lowest BCUT2D eigenvalue weighted by molar-refractivity contribution is -0.117. The van der Waals surface area contributed by atoms with E-state index in [2.05, 4.69) is 10.1 Å². The highest BCUT2D eigenvalue weighted by atomic mass is 19.4. The van der Waals surface area contributed by atoms with Crippen molar-refractivity contribution in [2.45, 2.75) is 19.5 Å². The first-order valence-corrected chi connectivity index (χ1v) is 7.19. The number of hydrogen-bond acceptors (Lipinski definition) is 5. The molecule has 1 aromatic heterocycles. The molecule has 26 heavy (non-hydrogen) atoms. The van der Waals surface area contributed by atoms with Crippen molar-refractivity contribution in [1.29, 1.82) is 0 Å². The molecule has 0 bridgehead atoms. The Morgan fingerprint density at radius 1 is 1.27 bits per heavy atom. The third-order valence-corrected chi connectivity index (χ3v) is 3.22. The molecule has 0 radical (unpaired) electrons. The molecule has 0 unspecified atom stereocenters. The summed E-state index contributed by atoms with van der Waals surface area (Å²) in [6.45, 7) is 0.970. The minimum Gasteiger partial charge on any atom is -0.496 e. The highest BCUT2D eigenvalue weighted by Gasteiger charge is 2.36. The van der Waals surface area contributed by atoms with Crippen LogP contribution in [0.25, 0.3) is 10.9 Å². The van der Waals surface area contributed by atoms with E-state index in [-0.39, 0.29) is 17.0 Å². The van der Waals surface area contributed by atoms with Crippen LogP contribution in [0.5, 0.6) is 5.75 Å². The van der Waals surface area contributed by atoms with Gasteiger partial charge in [0.25, 0.3) is 5.91 Å². The number of nitrogens with zero attached hydrogens (tertiary/aromatic N) is 2. The number of benzene rings is 1. The summed E-state index contributed by atoms with van der Waals surface area (Å²) in [5.74, 6) is -2.23. The molecule has 1 N–H and O–H groups in total. The monoisotopic (exact) mass is 371 g/mol. The molecule has 0 atom stereocenters. The first kappa shape index (κ1) is 19.3. The van der Waals surface area contributed by atoms with Gasteiger partial charge in [0, 0.05) is 11.5 Å². The number of alkyl halides is 3. The largest absolute Gasteiger partial charge is 0.496 e. The van der Waals surface area contributed by atoms with Crippen molar-refractivity contribution in [2.75, 3.05) is 7.11 Å². The van der Waals surface area contributed by atoms with Gasteiger partial charge in [-0.2, -0.15) is 18.3 Å². The fourth-order valence-electron chi connectivity index (χ4n) is 2.07. The number of Topliss-reactive ketones (excluding diaryl/α,β-unsaturated/α-hetero) is 1. The number of ether oxygens (including phenoxy) is 1. The van der Waals surface area contributed by atoms with E-state index in [0.717, 1.165) is 25.1 Å². The van der Waals surface area contributed by atoms with Crippen LogP contribution in [-0.2, 0) is 4.79 Å². The normalized spacial score (nSPS) is 12.2. The van der Waals surface area contributed by atoms with Crippen LogP contribution >= 0.6 is 0 Å². The number of methoxy groups -OCH3 is 1. The molecule has 6 nitrogen and oxygen atoms in total. The van der Waals surface area contributed by atoms with Crippen LogP contribution in [0.15, 0.2) is 29.4 Å². The number of amides is 1. The summed E-state index contributed by atoms with van der Waals surface area (Å²) in [6.07, 6.45) is -5.84. The summed E-state index contributed by atoms with van der Waals surface area (Å²) < 4.78 is 56.8. The molecule has 0 aliphatic carbocycles. The second kappa shape index (κ2) is 7.46. The Morgan fingerprint density at radius 3 is 2.54 bits per heavy atom. The summed E-state index contributed by atoms with van der Waals surface area (Å²) in [7, 11) is 1.29. The third kappa shape index (κ3) is 4.52. The maximum atomic E-state index is 13.3. The lowest BCUT2D eigenvalue weighted by Crippen LogP contribution is -2.30. The van der Waals surface area contributed by atoms with Crippen molar-refractivity contribution in [3.8, 4) is 5.75 Å². The smallest absolute Gasteiger partial charge is 0.431 e. The minimum absolute atomic E-state index is 0.114. The molecule has 2 rings (SSSR count). The number of halogens is 4. The lowest BCUT2D eigenvalue weighted by atomic mass is 10.1. The maximum Gasteiger partial charge on any atom is 0.431 e. The van der Waals surface area contributed by atoms with Crippen molar-refractivity contribution in [1.82, 2.24) is 10.4 Å². The first-order valence-electron chi connectivity index (χ1n) is 7.19. The predicted molar refractivity (Wildman–Crippen MR) is 84.5 cm³/mol. The predicted octanol–water partition coefficient (Wildman–Crippen LogP) is 3.01. The van der Waals surface area contributed by atoms with Gasteiger partial charge in [-0.15, -0.1) is 0 Å². The molecule has 1 amide bonds. The Kier molecular flexibility index (Phi) is 5.53. The van der Waals surface area contributed by atoms with Crippen LogP contribution in [0.1, 0.15) is 23.8 Å². The van der Waals surface area contributed by atoms with Gasteiger partial charge in [0.2, 0.25) is 0 Å². The SMILES string of the molecule is COc1cc(C(=O)N/N=C(/CC(C)=O)C(F)(F)F)nc2ccc(F)cc12. The van der Waals surface area contributed by atoms with Crippen molar-refractivity contribution in [2.24, 2.45) is 5.10 Å². The van der Waals surface area contributed by atoms with E-state index >= 15 is 0 Å². The van der Waals surface area contributed by atoms with Gasteiger partial charge in [0.15, 0.2) is 0 Å². The molecule has 0 fully saturated rings. The highest BCUT2D eigenvalue weighted by molar-refractivity contribution is 6.05. The Hall–Kier alpha value is -3.04. The summed E-state index contributed by atoms with van der Waals surface area (Å²) >= 11 is 0. The number of hydrazone groups is 1. The van der Waals surface area contributed by atoms with Gasteiger partial charge in [-0.05, 0) is 25.1 Å². The van der Waals surface area contributed by atoms with Gasteiger partial charge < -0.3 is 4.74 Å². The zero-order chi connectivity index (χ0) is 19.5. The van der Waals surface area contributed by atoms with E-state index in [0.29, 0.717) is 5.39 Å². The molecule has 0 saturated heterocycles. The molecular weight excluding hydrogens is 358 g/mol. The van der Waals surface area contributed by atoms with Crippen LogP contribution < -0.4 is 10.2 Å². The average Bonchev–Trinajstić information content (AvgIpc) is 2.56. The zero-order valence-corrected chi connectivity index (χ0v) is 13.6. The minimum atomic E-state index is -4.87. The number of aromatic nitrogens is 1. The molecule has 0 aliphatic heterocycles. The van der Waals surface area contributed by atoms with Crippen molar-refractivity contribution in [3.63, 3.8) is 0 Å². The highest BCUT2D eigenvalue weighted by Crippen LogP contribution is 2.26. The second-order valence-electron chi connectivity index (χ2n) is 5.25. The number of carbonyl (C=O) groups excluding carboxylic acids is 2. The van der Waals surface area contributed by atoms with Crippen molar-refractivity contribution >= 4 is 28.3 Å². The Labute approximate surface area is 144 Å². The molecule has 1 aromatic carbocycles. The molecule has 138 valence electrons. The van der Waals surface area contributed by atoms with Crippen molar-refractivity contribution in [3.05, 3.63) is 35.8 Å². The summed E-state index contributed by atoms with van der Waals surface area (Å²) in [6, 6.07) is 4.70. The summed E-state index contributed by atoms with van der Waals surface area (Å²) in [5, 5.41) is 3.28. The van der Waals surface area contributed by atoms with E-state index in [4.69, 9.17) is 4.74 Å². The fourth-order valence-corrected chi connectivity index (χ4v) is 2.07. The Bertz CT molecular complexity index is 894. The number of pyridine rings is 1. The van der Waals surface area contributed by atoms with Gasteiger partial charge in [0.05, 0.1) is 19.0 Å².